The zero-order valence-corrected chi connectivity index (χ0v) is 12.0. The van der Waals surface area contributed by atoms with E-state index in [0.29, 0.717) is 0 Å². The number of nitrogens with zero attached hydrogens (tertiary/aromatic N) is 1. The van der Waals surface area contributed by atoms with Gasteiger partial charge in [0, 0.05) is 5.02 Å². The highest BCUT2D eigenvalue weighted by Gasteiger charge is 2.18. The molecule has 3 N–H and O–H groups in total. The van der Waals surface area contributed by atoms with Crippen molar-refractivity contribution in [2.45, 2.75) is 4.90 Å². The van der Waals surface area contributed by atoms with Gasteiger partial charge in [-0.1, -0.05) is 11.6 Å². The van der Waals surface area contributed by atoms with Crippen LogP contribution in [0, 0.1) is 17.1 Å². The Morgan fingerprint density at radius 2 is 1.95 bits per heavy atom. The van der Waals surface area contributed by atoms with Gasteiger partial charge in [-0.05, 0) is 36.4 Å². The fourth-order valence-corrected chi connectivity index (χ4v) is 2.83. The van der Waals surface area contributed by atoms with Gasteiger partial charge in [0.15, 0.2) is 0 Å². The minimum absolute atomic E-state index is 0.0160. The van der Waals surface area contributed by atoms with E-state index in [1.54, 1.807) is 0 Å². The summed E-state index contributed by atoms with van der Waals surface area (Å²) in [6, 6.07) is 9.08. The summed E-state index contributed by atoms with van der Waals surface area (Å²) in [4.78, 5) is -0.307. The summed E-state index contributed by atoms with van der Waals surface area (Å²) in [6.45, 7) is 0. The third-order valence-corrected chi connectivity index (χ3v) is 4.23. The summed E-state index contributed by atoms with van der Waals surface area (Å²) in [5, 5.41) is 9.21. The molecule has 108 valence electrons. The Hall–Kier alpha value is -2.30. The number of hydrogen-bond donors (Lipinski definition) is 2. The molecule has 0 spiro atoms. The SMILES string of the molecule is N#Cc1ccc(Cl)cc1NS(=O)(=O)c1ccc(N)c(F)c1. The van der Waals surface area contributed by atoms with E-state index in [2.05, 4.69) is 4.72 Å². The van der Waals surface area contributed by atoms with Gasteiger partial charge in [0.1, 0.15) is 11.9 Å². The lowest BCUT2D eigenvalue weighted by molar-refractivity contribution is 0.596. The second kappa shape index (κ2) is 5.60. The van der Waals surface area contributed by atoms with E-state index in [4.69, 9.17) is 22.6 Å². The molecule has 0 aliphatic heterocycles. The predicted octanol–water partition coefficient (Wildman–Crippen LogP) is 2.73. The van der Waals surface area contributed by atoms with E-state index in [1.165, 1.54) is 18.2 Å². The average molecular weight is 326 g/mol. The molecule has 0 aromatic heterocycles. The van der Waals surface area contributed by atoms with Gasteiger partial charge in [-0.15, -0.1) is 0 Å². The first-order chi connectivity index (χ1) is 9.83. The first kappa shape index (κ1) is 15.1. The van der Waals surface area contributed by atoms with Crippen LogP contribution in [0.5, 0.6) is 0 Å². The molecule has 8 heteroatoms. The summed E-state index contributed by atoms with van der Waals surface area (Å²) in [5.74, 6) is -0.843. The molecule has 0 aliphatic rings. The highest BCUT2D eigenvalue weighted by molar-refractivity contribution is 7.92. The van der Waals surface area contributed by atoms with Crippen LogP contribution in [0.25, 0.3) is 0 Å². The summed E-state index contributed by atoms with van der Waals surface area (Å²) >= 11 is 5.77. The number of hydrogen-bond acceptors (Lipinski definition) is 4. The average Bonchev–Trinajstić information content (AvgIpc) is 2.41. The Bertz CT molecular complexity index is 847. The van der Waals surface area contributed by atoms with Crippen molar-refractivity contribution in [1.82, 2.24) is 0 Å². The highest BCUT2D eigenvalue weighted by atomic mass is 35.5. The van der Waals surface area contributed by atoms with E-state index in [-0.39, 0.29) is 26.9 Å². The Morgan fingerprint density at radius 1 is 1.24 bits per heavy atom. The fraction of sp³-hybridized carbons (Fsp3) is 0. The lowest BCUT2D eigenvalue weighted by Crippen LogP contribution is -2.14. The quantitative estimate of drug-likeness (QED) is 0.848. The van der Waals surface area contributed by atoms with Crippen molar-refractivity contribution in [3.63, 3.8) is 0 Å². The van der Waals surface area contributed by atoms with Crippen molar-refractivity contribution in [1.29, 1.82) is 5.26 Å². The maximum Gasteiger partial charge on any atom is 0.262 e. The molecule has 0 unspecified atom stereocenters. The number of anilines is 2. The zero-order chi connectivity index (χ0) is 15.6. The minimum atomic E-state index is -4.06. The molecular formula is C13H9ClFN3O2S. The van der Waals surface area contributed by atoms with Crippen LogP contribution in [0.1, 0.15) is 5.56 Å². The van der Waals surface area contributed by atoms with Crippen LogP contribution in [0.4, 0.5) is 15.8 Å². The van der Waals surface area contributed by atoms with Crippen LogP contribution in [0.2, 0.25) is 5.02 Å². The van der Waals surface area contributed by atoms with E-state index >= 15 is 0 Å². The fourth-order valence-electron chi connectivity index (χ4n) is 1.58. The zero-order valence-electron chi connectivity index (χ0n) is 10.5. The lowest BCUT2D eigenvalue weighted by Gasteiger charge is -2.10. The number of rotatable bonds is 3. The van der Waals surface area contributed by atoms with Gasteiger partial charge in [-0.25, -0.2) is 12.8 Å². The van der Waals surface area contributed by atoms with Gasteiger partial charge >= 0.3 is 0 Å². The van der Waals surface area contributed by atoms with Crippen LogP contribution >= 0.6 is 11.6 Å². The molecule has 0 amide bonds. The van der Waals surface area contributed by atoms with Gasteiger partial charge in [0.05, 0.1) is 21.8 Å². The first-order valence-electron chi connectivity index (χ1n) is 5.61. The van der Waals surface area contributed by atoms with Crippen LogP contribution < -0.4 is 10.5 Å². The molecule has 0 bridgehead atoms. The molecular weight excluding hydrogens is 317 g/mol. The normalized spacial score (nSPS) is 10.9. The van der Waals surface area contributed by atoms with Crippen molar-refractivity contribution in [2.75, 3.05) is 10.5 Å². The second-order valence-corrected chi connectivity index (χ2v) is 6.21. The number of nitrogens with two attached hydrogens (primary N) is 1. The monoisotopic (exact) mass is 325 g/mol. The Labute approximate surface area is 125 Å². The van der Waals surface area contributed by atoms with E-state index in [9.17, 15) is 12.8 Å². The molecule has 0 atom stereocenters. The highest BCUT2D eigenvalue weighted by Crippen LogP contribution is 2.24. The minimum Gasteiger partial charge on any atom is -0.396 e. The Morgan fingerprint density at radius 3 is 2.57 bits per heavy atom. The van der Waals surface area contributed by atoms with Crippen LogP contribution in [0.3, 0.4) is 0 Å². The van der Waals surface area contributed by atoms with Crippen LogP contribution in [-0.2, 0) is 10.0 Å². The third kappa shape index (κ3) is 3.24. The molecule has 2 aromatic rings. The largest absolute Gasteiger partial charge is 0.396 e. The number of halogens is 2. The number of nitrogen functional groups attached to an aromatic ring is 1. The molecule has 0 fully saturated rings. The molecule has 5 nitrogen and oxygen atoms in total. The predicted molar refractivity (Wildman–Crippen MR) is 77.8 cm³/mol. The standard InChI is InChI=1S/C13H9ClFN3O2S/c14-9-2-1-8(7-16)13(5-9)18-21(19,20)10-3-4-12(17)11(15)6-10/h1-6,18H,17H2. The van der Waals surface area contributed by atoms with Crippen LogP contribution in [0.15, 0.2) is 41.3 Å². The summed E-state index contributed by atoms with van der Waals surface area (Å²) in [5.41, 5.74) is 5.25. The van der Waals surface area contributed by atoms with Crippen molar-refractivity contribution in [2.24, 2.45) is 0 Å². The summed E-state index contributed by atoms with van der Waals surface area (Å²) < 4.78 is 39.9. The van der Waals surface area contributed by atoms with Gasteiger partial charge in [0.25, 0.3) is 10.0 Å². The van der Waals surface area contributed by atoms with E-state index in [1.807, 2.05) is 6.07 Å². The van der Waals surface area contributed by atoms with E-state index in [0.717, 1.165) is 18.2 Å². The Kier molecular flexibility index (Phi) is 4.02. The van der Waals surface area contributed by atoms with Gasteiger partial charge in [-0.2, -0.15) is 5.26 Å². The maximum atomic E-state index is 13.4. The van der Waals surface area contributed by atoms with Gasteiger partial charge in [0.2, 0.25) is 0 Å². The second-order valence-electron chi connectivity index (χ2n) is 4.09. The smallest absolute Gasteiger partial charge is 0.262 e. The van der Waals surface area contributed by atoms with Gasteiger partial charge < -0.3 is 5.73 Å². The lowest BCUT2D eigenvalue weighted by atomic mass is 10.2. The number of benzene rings is 2. The molecule has 0 saturated heterocycles. The molecule has 0 radical (unpaired) electrons. The third-order valence-electron chi connectivity index (χ3n) is 2.63. The van der Waals surface area contributed by atoms with E-state index < -0.39 is 15.8 Å². The number of nitrogens with one attached hydrogen (secondary N) is 1. The Balaban J connectivity index is 2.45. The molecule has 21 heavy (non-hydrogen) atoms. The van der Waals surface area contributed by atoms with Crippen molar-refractivity contribution in [3.05, 3.63) is 52.8 Å². The molecule has 2 aromatic carbocycles. The van der Waals surface area contributed by atoms with Crippen molar-refractivity contribution < 1.29 is 12.8 Å². The molecule has 0 heterocycles. The summed E-state index contributed by atoms with van der Waals surface area (Å²) in [7, 11) is -4.06. The first-order valence-corrected chi connectivity index (χ1v) is 7.47. The molecule has 2 rings (SSSR count). The maximum absolute atomic E-state index is 13.4. The number of nitriles is 1. The van der Waals surface area contributed by atoms with Crippen LogP contribution in [-0.4, -0.2) is 8.42 Å². The summed E-state index contributed by atoms with van der Waals surface area (Å²) in [6.07, 6.45) is 0. The molecule has 0 saturated carbocycles. The topological polar surface area (TPSA) is 96.0 Å². The van der Waals surface area contributed by atoms with Gasteiger partial charge in [-0.3, -0.25) is 4.72 Å². The van der Waals surface area contributed by atoms with Crippen molar-refractivity contribution >= 4 is 33.0 Å². The van der Waals surface area contributed by atoms with Crippen molar-refractivity contribution in [3.8, 4) is 6.07 Å². The molecule has 0 aliphatic carbocycles. The number of sulfonamides is 1.